The number of likely N-dealkylation sites (N-methyl/N-ethyl adjacent to an activating group) is 1. The number of ether oxygens (including phenoxy) is 2. The molecule has 16 heteroatoms. The number of amides is 2. The number of methoxy groups -OCH3 is 1. The van der Waals surface area contributed by atoms with Crippen molar-refractivity contribution < 1.29 is 46.1 Å². The minimum Gasteiger partial charge on any atom is -0.494 e. The van der Waals surface area contributed by atoms with Crippen molar-refractivity contribution in [2.45, 2.75) is 44.0 Å². The van der Waals surface area contributed by atoms with Crippen LogP contribution in [0.2, 0.25) is 5.02 Å². The van der Waals surface area contributed by atoms with Crippen molar-refractivity contribution in [3.05, 3.63) is 70.0 Å². The number of aromatic nitrogens is 3. The first-order valence-corrected chi connectivity index (χ1v) is 14.7. The molecule has 0 aliphatic heterocycles. The molecule has 0 saturated heterocycles. The smallest absolute Gasteiger partial charge is 0.424 e. The average molecular weight is 682 g/mol. The summed E-state index contributed by atoms with van der Waals surface area (Å²) in [5.41, 5.74) is -5.92. The molecule has 1 aliphatic rings. The van der Waals surface area contributed by atoms with Crippen molar-refractivity contribution in [3.8, 4) is 22.8 Å². The molecule has 4 aromatic rings. The number of fused-ring (bicyclic) bond motifs is 1. The second-order valence-electron chi connectivity index (χ2n) is 10.9. The predicted molar refractivity (Wildman–Crippen MR) is 160 cm³/mol. The van der Waals surface area contributed by atoms with Gasteiger partial charge in [0.15, 0.2) is 0 Å². The number of carbonyl (C=O) groups is 2. The van der Waals surface area contributed by atoms with Crippen LogP contribution >= 0.6 is 11.6 Å². The topological polar surface area (TPSA) is 128 Å². The SMILES string of the molecule is CCOc1c(CC(=O)NC)cc([C@@](O)(CNC(=O)c2cc(OC)c3nn(C4CC4)cc3c2)C(F)(F)F)nc1-c1cc(Cl)c(F)cc1F. The molecule has 0 unspecified atom stereocenters. The quantitative estimate of drug-likeness (QED) is 0.146. The zero-order valence-corrected chi connectivity index (χ0v) is 26.0. The van der Waals surface area contributed by atoms with E-state index in [4.69, 9.17) is 21.1 Å². The summed E-state index contributed by atoms with van der Waals surface area (Å²) in [6, 6.07) is 4.95. The Morgan fingerprint density at radius 2 is 1.85 bits per heavy atom. The third-order valence-corrected chi connectivity index (χ3v) is 7.92. The van der Waals surface area contributed by atoms with E-state index < -0.39 is 70.2 Å². The second-order valence-corrected chi connectivity index (χ2v) is 11.3. The number of benzene rings is 2. The van der Waals surface area contributed by atoms with E-state index in [9.17, 15) is 32.3 Å². The Bertz CT molecular complexity index is 1860. The maximum Gasteiger partial charge on any atom is 0.424 e. The van der Waals surface area contributed by atoms with Crippen LogP contribution in [0, 0.1) is 11.6 Å². The van der Waals surface area contributed by atoms with E-state index in [1.165, 1.54) is 33.2 Å². The van der Waals surface area contributed by atoms with Crippen molar-refractivity contribution >= 4 is 34.3 Å². The lowest BCUT2D eigenvalue weighted by molar-refractivity contribution is -0.265. The van der Waals surface area contributed by atoms with Gasteiger partial charge in [0.2, 0.25) is 11.5 Å². The fourth-order valence-electron chi connectivity index (χ4n) is 4.96. The maximum atomic E-state index is 15.1. The number of carbonyl (C=O) groups excluding carboxylic acids is 2. The number of pyridine rings is 1. The fraction of sp³-hybridized carbons (Fsp3) is 0.355. The normalized spacial score (nSPS) is 14.5. The Kier molecular flexibility index (Phi) is 9.33. The predicted octanol–water partition coefficient (Wildman–Crippen LogP) is 5.24. The highest BCUT2D eigenvalue weighted by molar-refractivity contribution is 6.31. The summed E-state index contributed by atoms with van der Waals surface area (Å²) in [6.45, 7) is 0.00200. The molecule has 0 spiro atoms. The van der Waals surface area contributed by atoms with E-state index in [-0.39, 0.29) is 35.3 Å². The molecule has 1 saturated carbocycles. The molecule has 0 radical (unpaired) electrons. The number of hydrogen-bond acceptors (Lipinski definition) is 7. The van der Waals surface area contributed by atoms with E-state index in [1.54, 1.807) is 10.9 Å². The highest BCUT2D eigenvalue weighted by Gasteiger charge is 2.57. The van der Waals surface area contributed by atoms with E-state index in [2.05, 4.69) is 20.7 Å². The summed E-state index contributed by atoms with van der Waals surface area (Å²) < 4.78 is 86.1. The number of hydrogen-bond donors (Lipinski definition) is 3. The van der Waals surface area contributed by atoms with Gasteiger partial charge in [-0.2, -0.15) is 18.3 Å². The molecule has 1 atom stereocenters. The number of rotatable bonds is 11. The Morgan fingerprint density at radius 1 is 1.13 bits per heavy atom. The van der Waals surface area contributed by atoms with Gasteiger partial charge in [-0.05, 0) is 44.0 Å². The zero-order chi connectivity index (χ0) is 34.3. The molecule has 1 fully saturated rings. The van der Waals surface area contributed by atoms with E-state index in [1.807, 2.05) is 0 Å². The van der Waals surface area contributed by atoms with Crippen LogP contribution in [0.4, 0.5) is 22.0 Å². The number of aliphatic hydroxyl groups is 1. The lowest BCUT2D eigenvalue weighted by Gasteiger charge is -2.31. The van der Waals surface area contributed by atoms with Crippen LogP contribution in [0.3, 0.4) is 0 Å². The molecule has 2 heterocycles. The van der Waals surface area contributed by atoms with Crippen molar-refractivity contribution in [1.29, 1.82) is 0 Å². The summed E-state index contributed by atoms with van der Waals surface area (Å²) >= 11 is 5.87. The minimum atomic E-state index is -5.46. The van der Waals surface area contributed by atoms with Crippen LogP contribution in [-0.4, -0.2) is 65.2 Å². The van der Waals surface area contributed by atoms with Gasteiger partial charge in [0.1, 0.15) is 34.3 Å². The molecule has 47 heavy (non-hydrogen) atoms. The first kappa shape index (κ1) is 33.9. The molecule has 1 aliphatic carbocycles. The van der Waals surface area contributed by atoms with Gasteiger partial charge in [-0.1, -0.05) is 11.6 Å². The molecule has 2 aromatic heterocycles. The van der Waals surface area contributed by atoms with Crippen LogP contribution < -0.4 is 20.1 Å². The molecule has 10 nitrogen and oxygen atoms in total. The van der Waals surface area contributed by atoms with E-state index in [0.717, 1.165) is 25.0 Å². The summed E-state index contributed by atoms with van der Waals surface area (Å²) in [4.78, 5) is 29.6. The first-order chi connectivity index (χ1) is 22.2. The van der Waals surface area contributed by atoms with Crippen molar-refractivity contribution in [1.82, 2.24) is 25.4 Å². The van der Waals surface area contributed by atoms with Crippen molar-refractivity contribution in [3.63, 3.8) is 0 Å². The summed E-state index contributed by atoms with van der Waals surface area (Å²) in [5.74, 6) is -4.11. The Morgan fingerprint density at radius 3 is 2.47 bits per heavy atom. The molecule has 250 valence electrons. The van der Waals surface area contributed by atoms with Gasteiger partial charge in [-0.15, -0.1) is 0 Å². The summed E-state index contributed by atoms with van der Waals surface area (Å²) in [7, 11) is 2.65. The largest absolute Gasteiger partial charge is 0.494 e. The van der Waals surface area contributed by atoms with Gasteiger partial charge in [0, 0.05) is 41.4 Å². The lowest BCUT2D eigenvalue weighted by atomic mass is 9.93. The maximum absolute atomic E-state index is 15.1. The second kappa shape index (κ2) is 13.0. The van der Waals surface area contributed by atoms with Gasteiger partial charge >= 0.3 is 6.18 Å². The molecular formula is C31H29ClF5N5O5. The highest BCUT2D eigenvalue weighted by atomic mass is 35.5. The van der Waals surface area contributed by atoms with Crippen LogP contribution in [-0.2, 0) is 16.8 Å². The van der Waals surface area contributed by atoms with Crippen LogP contribution in [0.15, 0.2) is 36.5 Å². The number of nitrogens with one attached hydrogen (secondary N) is 2. The number of alkyl halides is 3. The Balaban J connectivity index is 1.59. The summed E-state index contributed by atoms with van der Waals surface area (Å²) in [5, 5.41) is 20.1. The standard InChI is InChI=1S/C31H29ClF5N5O5/c1-4-47-28-15(10-25(43)38-2)9-24(40-27(28)19-11-20(32)22(34)12-21(19)33)30(45,31(35,36)37)14-39-29(44)16-7-17-13-42(18-5-6-18)41-26(17)23(8-16)46-3/h7-9,11-13,18,45H,4-6,10,14H2,1-3H3,(H,38,43)(H,39,44)/t30-/m0/s1. The number of nitrogens with zero attached hydrogens (tertiary/aromatic N) is 3. The van der Waals surface area contributed by atoms with Crippen molar-refractivity contribution in [2.24, 2.45) is 0 Å². The van der Waals surface area contributed by atoms with Crippen LogP contribution in [0.25, 0.3) is 22.2 Å². The Labute approximate surface area is 269 Å². The number of halogens is 6. The molecule has 2 amide bonds. The van der Waals surface area contributed by atoms with Gasteiger partial charge in [-0.3, -0.25) is 14.3 Å². The van der Waals surface area contributed by atoms with Crippen LogP contribution in [0.5, 0.6) is 11.5 Å². The lowest BCUT2D eigenvalue weighted by Crippen LogP contribution is -2.51. The van der Waals surface area contributed by atoms with Gasteiger partial charge in [-0.25, -0.2) is 13.8 Å². The molecule has 3 N–H and O–H groups in total. The van der Waals surface area contributed by atoms with Gasteiger partial charge in [0.05, 0.1) is 43.4 Å². The zero-order valence-electron chi connectivity index (χ0n) is 25.3. The fourth-order valence-corrected chi connectivity index (χ4v) is 5.13. The minimum absolute atomic E-state index is 0.0714. The highest BCUT2D eigenvalue weighted by Crippen LogP contribution is 2.43. The molecule has 0 bridgehead atoms. The van der Waals surface area contributed by atoms with Crippen LogP contribution in [0.1, 0.15) is 47.4 Å². The van der Waals surface area contributed by atoms with E-state index >= 15 is 4.39 Å². The monoisotopic (exact) mass is 681 g/mol. The molecular weight excluding hydrogens is 653 g/mol. The van der Waals surface area contributed by atoms with E-state index in [0.29, 0.717) is 17.0 Å². The van der Waals surface area contributed by atoms with Crippen molar-refractivity contribution in [2.75, 3.05) is 27.3 Å². The third-order valence-electron chi connectivity index (χ3n) is 7.63. The van der Waals surface area contributed by atoms with Gasteiger partial charge in [0.25, 0.3) is 5.91 Å². The summed E-state index contributed by atoms with van der Waals surface area (Å²) in [6.07, 6.45) is -2.45. The Hall–Kier alpha value is -4.50. The molecule has 5 rings (SSSR count). The third kappa shape index (κ3) is 6.67. The van der Waals surface area contributed by atoms with Gasteiger partial charge < -0.3 is 25.2 Å². The molecule has 2 aromatic carbocycles. The average Bonchev–Trinajstić information content (AvgIpc) is 3.79. The first-order valence-electron chi connectivity index (χ1n) is 14.4.